The highest BCUT2D eigenvalue weighted by atomic mass is 15.0. The Morgan fingerprint density at radius 3 is 2.64 bits per heavy atom. The fourth-order valence-corrected chi connectivity index (χ4v) is 1.36. The first-order chi connectivity index (χ1) is 6.81. The second-order valence-electron chi connectivity index (χ2n) is 3.02. The molecular weight excluding hydrogens is 172 g/mol. The van der Waals surface area contributed by atoms with Gasteiger partial charge in [0.2, 0.25) is 0 Å². The summed E-state index contributed by atoms with van der Waals surface area (Å²) < 4.78 is 2.12. The zero-order valence-corrected chi connectivity index (χ0v) is 9.41. The van der Waals surface area contributed by atoms with E-state index in [4.69, 9.17) is 0 Å². The van der Waals surface area contributed by atoms with Gasteiger partial charge in [0, 0.05) is 18.1 Å². The smallest absolute Gasteiger partial charge is 0.136 e. The lowest BCUT2D eigenvalue weighted by atomic mass is 10.2. The third-order valence-electron chi connectivity index (χ3n) is 2.16. The zero-order valence-electron chi connectivity index (χ0n) is 9.41. The van der Waals surface area contributed by atoms with Gasteiger partial charge in [0.05, 0.1) is 0 Å². The van der Waals surface area contributed by atoms with Crippen LogP contribution in [0.4, 0.5) is 0 Å². The van der Waals surface area contributed by atoms with Crippen LogP contribution >= 0.6 is 0 Å². The first-order valence-electron chi connectivity index (χ1n) is 5.24. The summed E-state index contributed by atoms with van der Waals surface area (Å²) >= 11 is 0. The van der Waals surface area contributed by atoms with E-state index >= 15 is 0 Å². The number of fused-ring (bicyclic) bond motifs is 1. The Balaban J connectivity index is 0.000000461. The molecule has 2 nitrogen and oxygen atoms in total. The molecule has 0 unspecified atom stereocenters. The summed E-state index contributed by atoms with van der Waals surface area (Å²) in [6.07, 6.45) is 5.12. The molecule has 2 aromatic rings. The Morgan fingerprint density at radius 1 is 1.29 bits per heavy atom. The van der Waals surface area contributed by atoms with Crippen LogP contribution in [0.3, 0.4) is 0 Å². The van der Waals surface area contributed by atoms with Gasteiger partial charge in [-0.25, -0.2) is 4.98 Å². The highest BCUT2D eigenvalue weighted by Gasteiger charge is 1.97. The number of aromatic nitrogens is 2. The van der Waals surface area contributed by atoms with Crippen molar-refractivity contribution >= 4 is 5.65 Å². The van der Waals surface area contributed by atoms with Crippen molar-refractivity contribution in [1.29, 1.82) is 0 Å². The quantitative estimate of drug-likeness (QED) is 0.675. The van der Waals surface area contributed by atoms with Gasteiger partial charge in [-0.3, -0.25) is 0 Å². The van der Waals surface area contributed by atoms with Gasteiger partial charge in [-0.2, -0.15) is 0 Å². The Bertz CT molecular complexity index is 402. The number of aryl methyl sites for hydroxylation is 2. The SMILES string of the molecule is CC.CCc1ccc2ncc(C)n2c1. The predicted octanol–water partition coefficient (Wildman–Crippen LogP) is 3.23. The molecule has 2 rings (SSSR count). The standard InChI is InChI=1S/C10H12N2.C2H6/c1-3-9-4-5-10-11-6-8(2)12(10)7-9;1-2/h4-7H,3H2,1-2H3;1-2H3. The Kier molecular flexibility index (Phi) is 3.69. The molecule has 0 N–H and O–H groups in total. The summed E-state index contributed by atoms with van der Waals surface area (Å²) in [6.45, 7) is 8.23. The molecule has 0 aliphatic heterocycles. The maximum absolute atomic E-state index is 4.26. The third kappa shape index (κ3) is 1.95. The van der Waals surface area contributed by atoms with E-state index in [1.54, 1.807) is 0 Å². The zero-order chi connectivity index (χ0) is 10.6. The fraction of sp³-hybridized carbons (Fsp3) is 0.417. The molecule has 2 heteroatoms. The summed E-state index contributed by atoms with van der Waals surface area (Å²) in [5.41, 5.74) is 3.58. The molecule has 0 saturated carbocycles. The van der Waals surface area contributed by atoms with E-state index in [0.29, 0.717) is 0 Å². The van der Waals surface area contributed by atoms with Gasteiger partial charge in [0.15, 0.2) is 0 Å². The minimum Gasteiger partial charge on any atom is -0.304 e. The molecule has 0 aliphatic carbocycles. The summed E-state index contributed by atoms with van der Waals surface area (Å²) in [5.74, 6) is 0. The van der Waals surface area contributed by atoms with Crippen LogP contribution in [-0.2, 0) is 6.42 Å². The van der Waals surface area contributed by atoms with Gasteiger partial charge in [0.1, 0.15) is 5.65 Å². The van der Waals surface area contributed by atoms with Crippen LogP contribution in [0.15, 0.2) is 24.5 Å². The van der Waals surface area contributed by atoms with Crippen LogP contribution in [0.1, 0.15) is 32.0 Å². The Hall–Kier alpha value is -1.31. The molecular formula is C12H18N2. The molecule has 0 aromatic carbocycles. The molecule has 0 amide bonds. The maximum Gasteiger partial charge on any atom is 0.136 e. The van der Waals surface area contributed by atoms with Crippen molar-refractivity contribution < 1.29 is 0 Å². The first-order valence-corrected chi connectivity index (χ1v) is 5.24. The second kappa shape index (κ2) is 4.80. The molecule has 0 spiro atoms. The highest BCUT2D eigenvalue weighted by Crippen LogP contribution is 2.08. The van der Waals surface area contributed by atoms with E-state index in [1.165, 1.54) is 11.3 Å². The van der Waals surface area contributed by atoms with E-state index in [-0.39, 0.29) is 0 Å². The lowest BCUT2D eigenvalue weighted by Gasteiger charge is -1.99. The maximum atomic E-state index is 4.26. The first kappa shape index (κ1) is 10.8. The summed E-state index contributed by atoms with van der Waals surface area (Å²) in [5, 5.41) is 0. The highest BCUT2D eigenvalue weighted by molar-refractivity contribution is 5.41. The molecule has 0 atom stereocenters. The Morgan fingerprint density at radius 2 is 2.00 bits per heavy atom. The molecule has 0 aliphatic rings. The van der Waals surface area contributed by atoms with Gasteiger partial charge in [-0.05, 0) is 25.0 Å². The normalized spacial score (nSPS) is 9.71. The summed E-state index contributed by atoms with van der Waals surface area (Å²) in [7, 11) is 0. The Labute approximate surface area is 85.6 Å². The largest absolute Gasteiger partial charge is 0.304 e. The number of pyridine rings is 1. The average molecular weight is 190 g/mol. The topological polar surface area (TPSA) is 17.3 Å². The third-order valence-corrected chi connectivity index (χ3v) is 2.16. The molecule has 0 saturated heterocycles. The molecule has 14 heavy (non-hydrogen) atoms. The fourth-order valence-electron chi connectivity index (χ4n) is 1.36. The van der Waals surface area contributed by atoms with Gasteiger partial charge < -0.3 is 4.40 Å². The number of rotatable bonds is 1. The van der Waals surface area contributed by atoms with Crippen LogP contribution in [0.25, 0.3) is 5.65 Å². The molecule has 0 fully saturated rings. The van der Waals surface area contributed by atoms with Gasteiger partial charge >= 0.3 is 0 Å². The van der Waals surface area contributed by atoms with Crippen molar-refractivity contribution in [3.8, 4) is 0 Å². The summed E-state index contributed by atoms with van der Waals surface area (Å²) in [4.78, 5) is 4.26. The minimum atomic E-state index is 1.03. The number of hydrogen-bond acceptors (Lipinski definition) is 1. The van der Waals surface area contributed by atoms with Gasteiger partial charge in [0.25, 0.3) is 0 Å². The average Bonchev–Trinajstić information content (AvgIpc) is 2.63. The van der Waals surface area contributed by atoms with E-state index in [0.717, 1.165) is 12.1 Å². The molecule has 2 heterocycles. The van der Waals surface area contributed by atoms with Crippen LogP contribution < -0.4 is 0 Å². The summed E-state index contributed by atoms with van der Waals surface area (Å²) in [6, 6.07) is 4.19. The van der Waals surface area contributed by atoms with E-state index < -0.39 is 0 Å². The molecule has 0 bridgehead atoms. The lowest BCUT2D eigenvalue weighted by molar-refractivity contribution is 1.04. The minimum absolute atomic E-state index is 1.03. The van der Waals surface area contributed by atoms with Gasteiger partial charge in [-0.1, -0.05) is 26.8 Å². The van der Waals surface area contributed by atoms with Gasteiger partial charge in [-0.15, -0.1) is 0 Å². The van der Waals surface area contributed by atoms with Crippen molar-refractivity contribution in [2.45, 2.75) is 34.1 Å². The monoisotopic (exact) mass is 190 g/mol. The number of imidazole rings is 1. The predicted molar refractivity (Wildman–Crippen MR) is 60.7 cm³/mol. The van der Waals surface area contributed by atoms with E-state index in [1.807, 2.05) is 20.0 Å². The lowest BCUT2D eigenvalue weighted by Crippen LogP contribution is -1.89. The van der Waals surface area contributed by atoms with Crippen molar-refractivity contribution in [3.05, 3.63) is 35.8 Å². The van der Waals surface area contributed by atoms with Crippen molar-refractivity contribution in [3.63, 3.8) is 0 Å². The van der Waals surface area contributed by atoms with E-state index in [2.05, 4.69) is 41.6 Å². The van der Waals surface area contributed by atoms with Crippen LogP contribution in [0.2, 0.25) is 0 Å². The van der Waals surface area contributed by atoms with Crippen LogP contribution in [-0.4, -0.2) is 9.38 Å². The number of nitrogens with zero attached hydrogens (tertiary/aromatic N) is 2. The van der Waals surface area contributed by atoms with E-state index in [9.17, 15) is 0 Å². The second-order valence-corrected chi connectivity index (χ2v) is 3.02. The van der Waals surface area contributed by atoms with Crippen LogP contribution in [0.5, 0.6) is 0 Å². The van der Waals surface area contributed by atoms with Crippen molar-refractivity contribution in [2.24, 2.45) is 0 Å². The van der Waals surface area contributed by atoms with Crippen molar-refractivity contribution in [1.82, 2.24) is 9.38 Å². The molecule has 2 aromatic heterocycles. The van der Waals surface area contributed by atoms with Crippen LogP contribution in [0, 0.1) is 6.92 Å². The van der Waals surface area contributed by atoms with Crippen molar-refractivity contribution in [2.75, 3.05) is 0 Å². The molecule has 0 radical (unpaired) electrons. The molecule has 76 valence electrons. The number of hydrogen-bond donors (Lipinski definition) is 0.